The number of nitrogens with zero attached hydrogens (tertiary/aromatic N) is 2. The van der Waals surface area contributed by atoms with Crippen molar-refractivity contribution < 1.29 is 9.53 Å². The number of ether oxygens (including phenoxy) is 1. The zero-order valence-electron chi connectivity index (χ0n) is 12.3. The van der Waals surface area contributed by atoms with E-state index in [0.717, 1.165) is 16.9 Å². The number of aryl methyl sites for hydroxylation is 3. The van der Waals surface area contributed by atoms with E-state index in [9.17, 15) is 4.79 Å². The van der Waals surface area contributed by atoms with E-state index < -0.39 is 0 Å². The summed E-state index contributed by atoms with van der Waals surface area (Å²) >= 11 is 0. The molecule has 0 bridgehead atoms. The highest BCUT2D eigenvalue weighted by Gasteiger charge is 2.29. The Labute approximate surface area is 120 Å². The Morgan fingerprint density at radius 3 is 2.55 bits per heavy atom. The largest absolute Gasteiger partial charge is 0.491 e. The molecule has 1 atom stereocenters. The topological polar surface area (TPSA) is 53.3 Å². The molecule has 1 saturated heterocycles. The summed E-state index contributed by atoms with van der Waals surface area (Å²) in [5.41, 5.74) is 3.45. The van der Waals surface area contributed by atoms with Crippen LogP contribution in [0.15, 0.2) is 12.1 Å². The quantitative estimate of drug-likeness (QED) is 0.845. The van der Waals surface area contributed by atoms with Crippen molar-refractivity contribution >= 4 is 5.91 Å². The van der Waals surface area contributed by atoms with Crippen molar-refractivity contribution in [3.8, 4) is 11.8 Å². The van der Waals surface area contributed by atoms with Crippen molar-refractivity contribution in [2.45, 2.75) is 27.2 Å². The Morgan fingerprint density at radius 1 is 1.35 bits per heavy atom. The fraction of sp³-hybridized carbons (Fsp3) is 0.500. The second kappa shape index (κ2) is 5.96. The van der Waals surface area contributed by atoms with Crippen LogP contribution in [0.25, 0.3) is 0 Å². The lowest BCUT2D eigenvalue weighted by Gasteiger charge is -2.18. The number of likely N-dealkylation sites (tertiary alicyclic amines) is 1. The van der Waals surface area contributed by atoms with Crippen LogP contribution in [0.1, 0.15) is 23.1 Å². The number of hydrogen-bond donors (Lipinski definition) is 0. The summed E-state index contributed by atoms with van der Waals surface area (Å²) in [7, 11) is 0. The molecule has 4 nitrogen and oxygen atoms in total. The molecule has 0 aliphatic carbocycles. The highest BCUT2D eigenvalue weighted by Crippen LogP contribution is 2.24. The van der Waals surface area contributed by atoms with Crippen molar-refractivity contribution in [3.63, 3.8) is 0 Å². The van der Waals surface area contributed by atoms with Gasteiger partial charge in [-0.2, -0.15) is 5.26 Å². The van der Waals surface area contributed by atoms with E-state index in [1.807, 2.05) is 13.8 Å². The highest BCUT2D eigenvalue weighted by molar-refractivity contribution is 5.79. The molecule has 0 spiro atoms. The average Bonchev–Trinajstić information content (AvgIpc) is 2.73. The zero-order valence-corrected chi connectivity index (χ0v) is 12.3. The Morgan fingerprint density at radius 2 is 2.00 bits per heavy atom. The molecule has 4 heteroatoms. The maximum Gasteiger partial charge on any atom is 0.224 e. The molecule has 0 saturated carbocycles. The molecule has 2 rings (SSSR count). The molecule has 20 heavy (non-hydrogen) atoms. The summed E-state index contributed by atoms with van der Waals surface area (Å²) in [6, 6.07) is 6.34. The third-order valence-electron chi connectivity index (χ3n) is 3.61. The van der Waals surface area contributed by atoms with Crippen LogP contribution in [0.3, 0.4) is 0 Å². The van der Waals surface area contributed by atoms with Gasteiger partial charge in [0.2, 0.25) is 5.91 Å². The van der Waals surface area contributed by atoms with Gasteiger partial charge in [-0.05, 0) is 31.9 Å². The molecule has 1 heterocycles. The lowest BCUT2D eigenvalue weighted by Crippen LogP contribution is -2.30. The summed E-state index contributed by atoms with van der Waals surface area (Å²) < 4.78 is 5.82. The van der Waals surface area contributed by atoms with Gasteiger partial charge >= 0.3 is 0 Å². The monoisotopic (exact) mass is 272 g/mol. The molecule has 1 amide bonds. The second-order valence-corrected chi connectivity index (χ2v) is 5.45. The van der Waals surface area contributed by atoms with Gasteiger partial charge in [-0.1, -0.05) is 17.7 Å². The molecular formula is C16H20N2O2. The third kappa shape index (κ3) is 3.11. The number of rotatable bonds is 4. The molecule has 106 valence electrons. The maximum atomic E-state index is 11.7. The number of hydrogen-bond acceptors (Lipinski definition) is 3. The number of benzene rings is 1. The summed E-state index contributed by atoms with van der Waals surface area (Å²) in [5.74, 6) is 0.793. The van der Waals surface area contributed by atoms with E-state index in [4.69, 9.17) is 10.00 Å². The van der Waals surface area contributed by atoms with E-state index in [2.05, 4.69) is 25.1 Å². The van der Waals surface area contributed by atoms with Gasteiger partial charge in [0.15, 0.2) is 0 Å². The van der Waals surface area contributed by atoms with Crippen molar-refractivity contribution in [2.24, 2.45) is 5.92 Å². The summed E-state index contributed by atoms with van der Waals surface area (Å²) in [5, 5.41) is 8.84. The Balaban J connectivity index is 1.91. The van der Waals surface area contributed by atoms with Crippen LogP contribution in [-0.2, 0) is 4.79 Å². The predicted octanol–water partition coefficient (Wildman–Crippen LogP) is 2.36. The van der Waals surface area contributed by atoms with Gasteiger partial charge < -0.3 is 9.64 Å². The fourth-order valence-electron chi connectivity index (χ4n) is 2.73. The van der Waals surface area contributed by atoms with Gasteiger partial charge in [-0.15, -0.1) is 0 Å². The average molecular weight is 272 g/mol. The van der Waals surface area contributed by atoms with Gasteiger partial charge in [0.05, 0.1) is 18.5 Å². The molecule has 1 aromatic carbocycles. The van der Waals surface area contributed by atoms with Crippen LogP contribution in [0.2, 0.25) is 0 Å². The summed E-state index contributed by atoms with van der Waals surface area (Å²) in [4.78, 5) is 13.4. The van der Waals surface area contributed by atoms with E-state index in [0.29, 0.717) is 26.1 Å². The normalized spacial score (nSPS) is 18.2. The van der Waals surface area contributed by atoms with Crippen LogP contribution < -0.4 is 4.74 Å². The first-order valence-electron chi connectivity index (χ1n) is 6.89. The van der Waals surface area contributed by atoms with Gasteiger partial charge in [-0.3, -0.25) is 4.79 Å². The van der Waals surface area contributed by atoms with Crippen LogP contribution in [0, 0.1) is 38.0 Å². The van der Waals surface area contributed by atoms with E-state index >= 15 is 0 Å². The van der Waals surface area contributed by atoms with Gasteiger partial charge in [0.25, 0.3) is 0 Å². The van der Waals surface area contributed by atoms with E-state index in [-0.39, 0.29) is 11.8 Å². The number of nitriles is 1. The smallest absolute Gasteiger partial charge is 0.224 e. The molecule has 1 aliphatic heterocycles. The molecule has 0 N–H and O–H groups in total. The van der Waals surface area contributed by atoms with Crippen molar-refractivity contribution in [2.75, 3.05) is 19.7 Å². The standard InChI is InChI=1S/C16H20N2O2/c1-11-6-12(2)16(13(3)7-11)20-5-4-18-10-14(9-17)8-15(18)19/h6-7,14H,4-5,8,10H2,1-3H3. The zero-order chi connectivity index (χ0) is 14.7. The van der Waals surface area contributed by atoms with Crippen molar-refractivity contribution in [1.82, 2.24) is 4.90 Å². The minimum atomic E-state index is -0.162. The first-order valence-corrected chi connectivity index (χ1v) is 6.89. The SMILES string of the molecule is Cc1cc(C)c(OCCN2CC(C#N)CC2=O)c(C)c1. The fourth-order valence-corrected chi connectivity index (χ4v) is 2.73. The van der Waals surface area contributed by atoms with Gasteiger partial charge in [0, 0.05) is 13.0 Å². The van der Waals surface area contributed by atoms with Crippen molar-refractivity contribution in [3.05, 3.63) is 28.8 Å². The lowest BCUT2D eigenvalue weighted by molar-refractivity contribution is -0.128. The van der Waals surface area contributed by atoms with E-state index in [1.54, 1.807) is 4.90 Å². The first kappa shape index (κ1) is 14.4. The van der Waals surface area contributed by atoms with Crippen LogP contribution in [0.4, 0.5) is 0 Å². The summed E-state index contributed by atoms with van der Waals surface area (Å²) in [6.07, 6.45) is 0.346. The van der Waals surface area contributed by atoms with Crippen LogP contribution in [0.5, 0.6) is 5.75 Å². The number of carbonyl (C=O) groups excluding carboxylic acids is 1. The molecule has 1 aliphatic rings. The maximum absolute atomic E-state index is 11.7. The third-order valence-corrected chi connectivity index (χ3v) is 3.61. The first-order chi connectivity index (χ1) is 9.51. The minimum absolute atomic E-state index is 0.0532. The van der Waals surface area contributed by atoms with Crippen molar-refractivity contribution in [1.29, 1.82) is 5.26 Å². The molecular weight excluding hydrogens is 252 g/mol. The molecule has 0 aromatic heterocycles. The minimum Gasteiger partial charge on any atom is -0.491 e. The molecule has 0 radical (unpaired) electrons. The molecule has 1 unspecified atom stereocenters. The molecule has 1 fully saturated rings. The van der Waals surface area contributed by atoms with Gasteiger partial charge in [0.1, 0.15) is 12.4 Å². The highest BCUT2D eigenvalue weighted by atomic mass is 16.5. The Hall–Kier alpha value is -2.02. The predicted molar refractivity (Wildman–Crippen MR) is 76.4 cm³/mol. The van der Waals surface area contributed by atoms with E-state index in [1.165, 1.54) is 5.56 Å². The Kier molecular flexibility index (Phi) is 4.29. The lowest BCUT2D eigenvalue weighted by atomic mass is 10.1. The number of amides is 1. The summed E-state index contributed by atoms with van der Waals surface area (Å²) in [6.45, 7) is 7.67. The Bertz CT molecular complexity index is 537. The second-order valence-electron chi connectivity index (χ2n) is 5.45. The molecule has 1 aromatic rings. The van der Waals surface area contributed by atoms with Crippen LogP contribution in [-0.4, -0.2) is 30.5 Å². The van der Waals surface area contributed by atoms with Crippen LogP contribution >= 0.6 is 0 Å². The number of carbonyl (C=O) groups is 1. The van der Waals surface area contributed by atoms with Gasteiger partial charge in [-0.25, -0.2) is 0 Å².